The molecule has 2 aromatic rings. The summed E-state index contributed by atoms with van der Waals surface area (Å²) in [6.45, 7) is 4.70. The van der Waals surface area contributed by atoms with Gasteiger partial charge in [0.15, 0.2) is 0 Å². The molecule has 2 aromatic heterocycles. The normalized spacial score (nSPS) is 14.8. The number of nitrogens with one attached hydrogen (secondary N) is 1. The Labute approximate surface area is 142 Å². The molecule has 0 radical (unpaired) electrons. The van der Waals surface area contributed by atoms with Crippen molar-refractivity contribution >= 4 is 34.6 Å². The third-order valence-electron chi connectivity index (χ3n) is 3.64. The number of thiophene rings is 1. The van der Waals surface area contributed by atoms with E-state index in [0.29, 0.717) is 38.4 Å². The van der Waals surface area contributed by atoms with Crippen molar-refractivity contribution in [3.05, 3.63) is 28.6 Å². The number of thiazole rings is 1. The number of hydrogen-bond donors (Lipinski definition) is 1. The van der Waals surface area contributed by atoms with Gasteiger partial charge < -0.3 is 15.1 Å². The Morgan fingerprint density at radius 3 is 2.61 bits per heavy atom. The fraction of sp³-hybridized carbons (Fsp3) is 0.400. The van der Waals surface area contributed by atoms with Crippen LogP contribution in [0.15, 0.2) is 22.9 Å². The monoisotopic (exact) mass is 350 g/mol. The predicted molar refractivity (Wildman–Crippen MR) is 92.0 cm³/mol. The van der Waals surface area contributed by atoms with E-state index in [1.165, 1.54) is 11.3 Å². The van der Waals surface area contributed by atoms with Crippen LogP contribution in [0.5, 0.6) is 0 Å². The van der Waals surface area contributed by atoms with Crippen LogP contribution >= 0.6 is 22.7 Å². The quantitative estimate of drug-likeness (QED) is 0.924. The van der Waals surface area contributed by atoms with Gasteiger partial charge in [-0.1, -0.05) is 6.07 Å². The lowest BCUT2D eigenvalue weighted by atomic mass is 10.3. The van der Waals surface area contributed by atoms with E-state index in [0.717, 1.165) is 9.88 Å². The zero-order valence-electron chi connectivity index (χ0n) is 12.8. The van der Waals surface area contributed by atoms with E-state index in [1.807, 2.05) is 29.8 Å². The van der Waals surface area contributed by atoms with E-state index in [2.05, 4.69) is 10.3 Å². The summed E-state index contributed by atoms with van der Waals surface area (Å²) in [6, 6.07) is 3.92. The highest BCUT2D eigenvalue weighted by Gasteiger charge is 2.26. The predicted octanol–water partition coefficient (Wildman–Crippen LogP) is 2.36. The Hall–Kier alpha value is -1.93. The molecule has 0 atom stereocenters. The molecule has 1 fully saturated rings. The second-order valence-electron chi connectivity index (χ2n) is 5.13. The van der Waals surface area contributed by atoms with Gasteiger partial charge in [0.2, 0.25) is 0 Å². The molecule has 0 bridgehead atoms. The van der Waals surface area contributed by atoms with E-state index in [1.54, 1.807) is 21.1 Å². The van der Waals surface area contributed by atoms with E-state index >= 15 is 0 Å². The molecular weight excluding hydrogens is 332 g/mol. The summed E-state index contributed by atoms with van der Waals surface area (Å²) in [5, 5.41) is 7.47. The van der Waals surface area contributed by atoms with Crippen molar-refractivity contribution in [2.45, 2.75) is 6.92 Å². The van der Waals surface area contributed by atoms with Gasteiger partial charge in [0.25, 0.3) is 5.91 Å². The first-order valence-corrected chi connectivity index (χ1v) is 9.26. The van der Waals surface area contributed by atoms with Crippen LogP contribution in [-0.2, 0) is 0 Å². The molecule has 122 valence electrons. The van der Waals surface area contributed by atoms with Crippen molar-refractivity contribution in [2.24, 2.45) is 0 Å². The molecule has 0 unspecified atom stereocenters. The van der Waals surface area contributed by atoms with Crippen LogP contribution in [0, 0.1) is 0 Å². The van der Waals surface area contributed by atoms with Gasteiger partial charge in [0, 0.05) is 38.1 Å². The average molecular weight is 350 g/mol. The Bertz CT molecular complexity index is 675. The molecule has 0 aromatic carbocycles. The first-order chi connectivity index (χ1) is 11.2. The number of piperazine rings is 1. The van der Waals surface area contributed by atoms with Gasteiger partial charge in [-0.05, 0) is 18.4 Å². The van der Waals surface area contributed by atoms with Gasteiger partial charge in [-0.25, -0.2) is 9.78 Å². The van der Waals surface area contributed by atoms with E-state index in [-0.39, 0.29) is 11.9 Å². The molecule has 8 heteroatoms. The SMILES string of the molecule is CCNC(=O)N1CCN(C(=O)c2csc(-c3cccs3)n2)CC1. The molecule has 1 saturated heterocycles. The average Bonchev–Trinajstić information content (AvgIpc) is 3.25. The van der Waals surface area contributed by atoms with Crippen molar-refractivity contribution in [3.8, 4) is 9.88 Å². The summed E-state index contributed by atoms with van der Waals surface area (Å²) in [6.07, 6.45) is 0. The van der Waals surface area contributed by atoms with E-state index < -0.39 is 0 Å². The molecular formula is C15H18N4O2S2. The number of rotatable bonds is 3. The topological polar surface area (TPSA) is 65.5 Å². The van der Waals surface area contributed by atoms with Crippen LogP contribution in [0.3, 0.4) is 0 Å². The maximum absolute atomic E-state index is 12.5. The van der Waals surface area contributed by atoms with Gasteiger partial charge in [-0.2, -0.15) is 0 Å². The Kier molecular flexibility index (Phi) is 4.92. The summed E-state index contributed by atoms with van der Waals surface area (Å²) in [7, 11) is 0. The minimum absolute atomic E-state index is 0.0559. The van der Waals surface area contributed by atoms with Crippen molar-refractivity contribution in [2.75, 3.05) is 32.7 Å². The van der Waals surface area contributed by atoms with Crippen LogP contribution in [0.4, 0.5) is 4.79 Å². The van der Waals surface area contributed by atoms with Crippen molar-refractivity contribution < 1.29 is 9.59 Å². The second kappa shape index (κ2) is 7.10. The van der Waals surface area contributed by atoms with Crippen LogP contribution in [0.2, 0.25) is 0 Å². The van der Waals surface area contributed by atoms with Crippen molar-refractivity contribution in [1.29, 1.82) is 0 Å². The molecule has 1 N–H and O–H groups in total. The highest BCUT2D eigenvalue weighted by Crippen LogP contribution is 2.28. The van der Waals surface area contributed by atoms with Crippen LogP contribution in [0.1, 0.15) is 17.4 Å². The third kappa shape index (κ3) is 3.53. The fourth-order valence-corrected chi connectivity index (χ4v) is 4.03. The van der Waals surface area contributed by atoms with Crippen molar-refractivity contribution in [3.63, 3.8) is 0 Å². The Balaban J connectivity index is 1.60. The number of amides is 3. The highest BCUT2D eigenvalue weighted by atomic mass is 32.1. The van der Waals surface area contributed by atoms with Gasteiger partial charge >= 0.3 is 6.03 Å². The molecule has 0 aliphatic carbocycles. The molecule has 6 nitrogen and oxygen atoms in total. The standard InChI is InChI=1S/C15H18N4O2S2/c1-2-16-15(21)19-7-5-18(6-8-19)14(20)11-10-23-13(17-11)12-4-3-9-22-12/h3-4,9-10H,2,5-8H2,1H3,(H,16,21). The maximum atomic E-state index is 12.5. The van der Waals surface area contributed by atoms with Gasteiger partial charge in [0.05, 0.1) is 4.88 Å². The number of urea groups is 1. The largest absolute Gasteiger partial charge is 0.338 e. The summed E-state index contributed by atoms with van der Waals surface area (Å²) in [5.74, 6) is -0.0559. The van der Waals surface area contributed by atoms with Gasteiger partial charge in [0.1, 0.15) is 10.7 Å². The molecule has 23 heavy (non-hydrogen) atoms. The molecule has 1 aliphatic rings. The van der Waals surface area contributed by atoms with E-state index in [9.17, 15) is 9.59 Å². The molecule has 3 amide bonds. The van der Waals surface area contributed by atoms with Crippen LogP contribution < -0.4 is 5.32 Å². The first-order valence-electron chi connectivity index (χ1n) is 7.50. The lowest BCUT2D eigenvalue weighted by Crippen LogP contribution is -2.53. The highest BCUT2D eigenvalue weighted by molar-refractivity contribution is 7.20. The zero-order valence-corrected chi connectivity index (χ0v) is 14.5. The maximum Gasteiger partial charge on any atom is 0.317 e. The van der Waals surface area contributed by atoms with Crippen molar-refractivity contribution in [1.82, 2.24) is 20.1 Å². The molecule has 1 aliphatic heterocycles. The zero-order chi connectivity index (χ0) is 16.2. The number of nitrogens with zero attached hydrogens (tertiary/aromatic N) is 3. The minimum atomic E-state index is -0.0618. The molecule has 0 spiro atoms. The summed E-state index contributed by atoms with van der Waals surface area (Å²) in [4.78, 5) is 33.4. The van der Waals surface area contributed by atoms with E-state index in [4.69, 9.17) is 0 Å². The summed E-state index contributed by atoms with van der Waals surface area (Å²) in [5.41, 5.74) is 0.491. The third-order valence-corrected chi connectivity index (χ3v) is 5.52. The lowest BCUT2D eigenvalue weighted by molar-refractivity contribution is 0.0660. The minimum Gasteiger partial charge on any atom is -0.338 e. The van der Waals surface area contributed by atoms with Gasteiger partial charge in [-0.15, -0.1) is 22.7 Å². The fourth-order valence-electron chi connectivity index (χ4n) is 2.42. The number of hydrogen-bond acceptors (Lipinski definition) is 5. The number of carbonyl (C=O) groups excluding carboxylic acids is 2. The Morgan fingerprint density at radius 1 is 1.22 bits per heavy atom. The van der Waals surface area contributed by atoms with Crippen LogP contribution in [-0.4, -0.2) is 59.4 Å². The first kappa shape index (κ1) is 15.9. The lowest BCUT2D eigenvalue weighted by Gasteiger charge is -2.34. The summed E-state index contributed by atoms with van der Waals surface area (Å²) < 4.78 is 0. The number of carbonyl (C=O) groups is 2. The number of aromatic nitrogens is 1. The second-order valence-corrected chi connectivity index (χ2v) is 6.94. The summed E-state index contributed by atoms with van der Waals surface area (Å²) >= 11 is 3.11. The smallest absolute Gasteiger partial charge is 0.317 e. The molecule has 0 saturated carbocycles. The Morgan fingerprint density at radius 2 is 1.96 bits per heavy atom. The molecule has 3 heterocycles. The van der Waals surface area contributed by atoms with Crippen LogP contribution in [0.25, 0.3) is 9.88 Å². The molecule has 3 rings (SSSR count). The van der Waals surface area contributed by atoms with Gasteiger partial charge in [-0.3, -0.25) is 4.79 Å².